The van der Waals surface area contributed by atoms with Crippen molar-refractivity contribution in [3.05, 3.63) is 190 Å². The summed E-state index contributed by atoms with van der Waals surface area (Å²) in [7, 11) is 1.36. The van der Waals surface area contributed by atoms with Crippen molar-refractivity contribution >= 4 is 74.5 Å². The molecule has 0 saturated heterocycles. The molecular weight excluding hydrogens is 791 g/mol. The molecule has 0 bridgehead atoms. The number of H-pyrrole nitrogens is 1. The monoisotopic (exact) mass is 831 g/mol. The molecule has 0 aliphatic carbocycles. The SMILES string of the molecule is COC(=O)c1c(NC(=O)C(Sc2cccc(NC(=O)/C(=C/c3c[nH]c4ccccc34)NC(=O)c3ccccc3)c2)c2ccccc2)sc2c1CCN(Cc1ccccc1)C2. The molecule has 5 aromatic carbocycles. The van der Waals surface area contributed by atoms with Crippen LogP contribution in [0.4, 0.5) is 10.7 Å². The van der Waals surface area contributed by atoms with E-state index >= 15 is 0 Å². The molecule has 7 aromatic rings. The van der Waals surface area contributed by atoms with Gasteiger partial charge in [0, 0.05) is 63.3 Å². The molecule has 1 atom stereocenters. The van der Waals surface area contributed by atoms with Crippen LogP contribution in [0.3, 0.4) is 0 Å². The molecule has 4 N–H and O–H groups in total. The maximum absolute atomic E-state index is 14.4. The topological polar surface area (TPSA) is 133 Å². The maximum atomic E-state index is 14.4. The fourth-order valence-electron chi connectivity index (χ4n) is 7.21. The summed E-state index contributed by atoms with van der Waals surface area (Å²) in [6, 6.07) is 43.3. The lowest BCUT2D eigenvalue weighted by Crippen LogP contribution is -2.30. The Balaban J connectivity index is 1.04. The minimum absolute atomic E-state index is 0.0523. The first-order valence-electron chi connectivity index (χ1n) is 19.4. The van der Waals surface area contributed by atoms with E-state index in [1.54, 1.807) is 54.7 Å². The summed E-state index contributed by atoms with van der Waals surface area (Å²) < 4.78 is 5.23. The summed E-state index contributed by atoms with van der Waals surface area (Å²) in [5.41, 5.74) is 5.85. The number of benzene rings is 5. The molecule has 0 fully saturated rings. The number of thioether (sulfide) groups is 1. The summed E-state index contributed by atoms with van der Waals surface area (Å²) >= 11 is 2.73. The molecule has 60 heavy (non-hydrogen) atoms. The van der Waals surface area contributed by atoms with Crippen LogP contribution in [0, 0.1) is 0 Å². The minimum Gasteiger partial charge on any atom is -0.465 e. The highest BCUT2D eigenvalue weighted by molar-refractivity contribution is 8.00. The molecule has 10 nitrogen and oxygen atoms in total. The summed E-state index contributed by atoms with van der Waals surface area (Å²) in [5.74, 6) is -1.74. The second-order valence-electron chi connectivity index (χ2n) is 14.2. The number of amides is 3. The fraction of sp³-hybridized carbons (Fsp3) is 0.125. The lowest BCUT2D eigenvalue weighted by molar-refractivity contribution is -0.116. The quantitative estimate of drug-likeness (QED) is 0.0517. The van der Waals surface area contributed by atoms with Crippen LogP contribution in [-0.2, 0) is 33.8 Å². The average Bonchev–Trinajstić information content (AvgIpc) is 3.86. The van der Waals surface area contributed by atoms with Gasteiger partial charge in [0.05, 0.1) is 12.7 Å². The number of methoxy groups -OCH3 is 1. The molecule has 2 aromatic heterocycles. The Bertz CT molecular complexity index is 2700. The molecule has 300 valence electrons. The number of hydrogen-bond donors (Lipinski definition) is 4. The lowest BCUT2D eigenvalue weighted by Gasteiger charge is -2.27. The van der Waals surface area contributed by atoms with Gasteiger partial charge in [-0.05, 0) is 65.6 Å². The normalized spacial score (nSPS) is 13.2. The van der Waals surface area contributed by atoms with Crippen LogP contribution in [-0.4, -0.2) is 47.2 Å². The number of esters is 1. The van der Waals surface area contributed by atoms with Crippen molar-refractivity contribution in [3.8, 4) is 0 Å². The van der Waals surface area contributed by atoms with Gasteiger partial charge in [-0.3, -0.25) is 19.3 Å². The Kier molecular flexibility index (Phi) is 12.3. The number of aromatic nitrogens is 1. The molecular formula is C48H41N5O5S2. The number of aromatic amines is 1. The molecule has 1 aliphatic rings. The first kappa shape index (κ1) is 40.1. The number of nitrogens with zero attached hydrogens (tertiary/aromatic N) is 1. The Morgan fingerprint density at radius 2 is 1.57 bits per heavy atom. The first-order valence-corrected chi connectivity index (χ1v) is 21.1. The highest BCUT2D eigenvalue weighted by Crippen LogP contribution is 2.41. The predicted octanol–water partition coefficient (Wildman–Crippen LogP) is 9.46. The summed E-state index contributed by atoms with van der Waals surface area (Å²) in [6.07, 6.45) is 4.09. The van der Waals surface area contributed by atoms with Gasteiger partial charge in [0.2, 0.25) is 5.91 Å². The van der Waals surface area contributed by atoms with Gasteiger partial charge in [-0.1, -0.05) is 103 Å². The molecule has 1 unspecified atom stereocenters. The van der Waals surface area contributed by atoms with Crippen LogP contribution in [0.25, 0.3) is 17.0 Å². The molecule has 0 radical (unpaired) electrons. The van der Waals surface area contributed by atoms with Crippen molar-refractivity contribution in [2.75, 3.05) is 24.3 Å². The van der Waals surface area contributed by atoms with E-state index in [9.17, 15) is 19.2 Å². The largest absolute Gasteiger partial charge is 0.465 e. The number of carbonyl (C=O) groups is 4. The number of nitrogens with one attached hydrogen (secondary N) is 4. The molecule has 3 amide bonds. The molecule has 0 spiro atoms. The zero-order chi connectivity index (χ0) is 41.4. The van der Waals surface area contributed by atoms with Gasteiger partial charge in [0.25, 0.3) is 11.8 Å². The van der Waals surface area contributed by atoms with Gasteiger partial charge in [0.15, 0.2) is 0 Å². The smallest absolute Gasteiger partial charge is 0.341 e. The zero-order valence-electron chi connectivity index (χ0n) is 32.6. The van der Waals surface area contributed by atoms with E-state index < -0.39 is 23.0 Å². The third-order valence-electron chi connectivity index (χ3n) is 10.1. The van der Waals surface area contributed by atoms with Gasteiger partial charge < -0.3 is 25.7 Å². The Morgan fingerprint density at radius 3 is 2.33 bits per heavy atom. The maximum Gasteiger partial charge on any atom is 0.341 e. The van der Waals surface area contributed by atoms with Crippen LogP contribution in [0.15, 0.2) is 156 Å². The van der Waals surface area contributed by atoms with E-state index in [0.717, 1.165) is 45.6 Å². The average molecular weight is 832 g/mol. The van der Waals surface area contributed by atoms with E-state index in [1.807, 2.05) is 84.9 Å². The third kappa shape index (κ3) is 9.26. The van der Waals surface area contributed by atoms with Crippen molar-refractivity contribution in [2.45, 2.75) is 29.7 Å². The number of para-hydroxylation sites is 1. The van der Waals surface area contributed by atoms with E-state index in [4.69, 9.17) is 4.74 Å². The highest BCUT2D eigenvalue weighted by atomic mass is 32.2. The second-order valence-corrected chi connectivity index (χ2v) is 16.5. The van der Waals surface area contributed by atoms with E-state index in [1.165, 1.54) is 35.8 Å². The molecule has 8 rings (SSSR count). The lowest BCUT2D eigenvalue weighted by atomic mass is 10.0. The summed E-state index contributed by atoms with van der Waals surface area (Å²) in [5, 5.41) is 9.52. The van der Waals surface area contributed by atoms with Crippen molar-refractivity contribution in [1.29, 1.82) is 0 Å². The Morgan fingerprint density at radius 1 is 0.850 bits per heavy atom. The molecule has 3 heterocycles. The van der Waals surface area contributed by atoms with E-state index in [2.05, 4.69) is 38.0 Å². The van der Waals surface area contributed by atoms with Crippen LogP contribution in [0.2, 0.25) is 0 Å². The van der Waals surface area contributed by atoms with Gasteiger partial charge in [-0.2, -0.15) is 0 Å². The number of ether oxygens (including phenoxy) is 1. The van der Waals surface area contributed by atoms with Crippen molar-refractivity contribution in [1.82, 2.24) is 15.2 Å². The molecule has 0 saturated carbocycles. The standard InChI is InChI=1S/C48H41N5O5S2/c1-58-48(57)42-38-24-25-53(29-31-14-5-2-6-15-31)30-41(38)60-47(42)52-46(56)43(32-16-7-3-8-17-32)59-36-21-13-20-35(27-36)50-45(55)40(51-44(54)33-18-9-4-10-19-33)26-34-28-49-39-23-12-11-22-37(34)39/h2-23,26-28,43,49H,24-25,29-30H2,1H3,(H,50,55)(H,51,54)(H,52,56)/b40-26-. The third-order valence-corrected chi connectivity index (χ3v) is 12.5. The van der Waals surface area contributed by atoms with Gasteiger partial charge in [-0.25, -0.2) is 4.79 Å². The highest BCUT2D eigenvalue weighted by Gasteiger charge is 2.31. The number of thiophene rings is 1. The van der Waals surface area contributed by atoms with Gasteiger partial charge >= 0.3 is 5.97 Å². The number of anilines is 2. The summed E-state index contributed by atoms with van der Waals surface area (Å²) in [6.45, 7) is 2.20. The Hall–Kier alpha value is -6.73. The number of fused-ring (bicyclic) bond motifs is 2. The first-order chi connectivity index (χ1) is 29.3. The van der Waals surface area contributed by atoms with Crippen molar-refractivity contribution in [3.63, 3.8) is 0 Å². The van der Waals surface area contributed by atoms with Crippen LogP contribution >= 0.6 is 23.1 Å². The summed E-state index contributed by atoms with van der Waals surface area (Å²) in [4.78, 5) is 62.3. The van der Waals surface area contributed by atoms with Crippen LogP contribution in [0.5, 0.6) is 0 Å². The predicted molar refractivity (Wildman–Crippen MR) is 239 cm³/mol. The zero-order valence-corrected chi connectivity index (χ0v) is 34.3. The van der Waals surface area contributed by atoms with Gasteiger partial charge in [-0.15, -0.1) is 23.1 Å². The van der Waals surface area contributed by atoms with Crippen LogP contribution in [0.1, 0.15) is 53.1 Å². The van der Waals surface area contributed by atoms with Crippen molar-refractivity contribution in [2.24, 2.45) is 0 Å². The fourth-order valence-corrected chi connectivity index (χ4v) is 9.57. The Labute approximate surface area is 355 Å². The second kappa shape index (κ2) is 18.5. The van der Waals surface area contributed by atoms with Crippen LogP contribution < -0.4 is 16.0 Å². The van der Waals surface area contributed by atoms with E-state index in [-0.39, 0.29) is 11.6 Å². The van der Waals surface area contributed by atoms with E-state index in [0.29, 0.717) is 39.7 Å². The number of hydrogen-bond acceptors (Lipinski definition) is 8. The number of rotatable bonds is 13. The number of carbonyl (C=O) groups excluding carboxylic acids is 4. The molecule has 1 aliphatic heterocycles. The van der Waals surface area contributed by atoms with Crippen molar-refractivity contribution < 1.29 is 23.9 Å². The van der Waals surface area contributed by atoms with Gasteiger partial charge in [0.1, 0.15) is 15.9 Å². The minimum atomic E-state index is -0.723. The molecule has 12 heteroatoms.